The van der Waals surface area contributed by atoms with Crippen molar-refractivity contribution in [1.82, 2.24) is 0 Å². The van der Waals surface area contributed by atoms with E-state index in [1.165, 1.54) is 12.1 Å². The Morgan fingerprint density at radius 2 is 1.74 bits per heavy atom. The number of rotatable bonds is 7. The third kappa shape index (κ3) is 5.37. The Morgan fingerprint density at radius 1 is 1.17 bits per heavy atom. The molecular weight excluding hydrogens is 302 g/mol. The summed E-state index contributed by atoms with van der Waals surface area (Å²) in [5.74, 6) is -4.53. The molecule has 1 rings (SSSR count). The first-order chi connectivity index (χ1) is 10.5. The lowest BCUT2D eigenvalue weighted by Crippen LogP contribution is -2.49. The molecule has 0 bridgehead atoms. The number of carbonyl (C=O) groups is 3. The number of quaternary nitrogens is 1. The van der Waals surface area contributed by atoms with Crippen molar-refractivity contribution >= 4 is 17.7 Å². The summed E-state index contributed by atoms with van der Waals surface area (Å²) in [6.07, 6.45) is -1.14. The average molecular weight is 324 g/mol. The van der Waals surface area contributed by atoms with Crippen LogP contribution in [0.3, 0.4) is 0 Å². The van der Waals surface area contributed by atoms with Gasteiger partial charge in [0.25, 0.3) is 0 Å². The van der Waals surface area contributed by atoms with Crippen molar-refractivity contribution in [1.29, 1.82) is 0 Å². The number of carboxylic acid groups (broad SMARTS) is 1. The lowest BCUT2D eigenvalue weighted by atomic mass is 9.97. The van der Waals surface area contributed by atoms with Crippen LogP contribution in [0.1, 0.15) is 17.3 Å². The van der Waals surface area contributed by atoms with Gasteiger partial charge in [0, 0.05) is 0 Å². The number of likely N-dealkylation sites (N-methyl/N-ethyl adjacent to an activating group) is 1. The van der Waals surface area contributed by atoms with Crippen molar-refractivity contribution in [2.24, 2.45) is 5.92 Å². The number of para-hydroxylation sites is 1. The Bertz CT molecular complexity index is 591. The molecule has 0 heterocycles. The number of carbonyl (C=O) groups excluding carboxylic acids is 2. The van der Waals surface area contributed by atoms with Crippen LogP contribution < -0.4 is 0 Å². The molecular formula is C16H22NO6+. The normalized spacial score (nSPS) is 13.9. The van der Waals surface area contributed by atoms with Crippen molar-refractivity contribution in [3.05, 3.63) is 29.8 Å². The van der Waals surface area contributed by atoms with Gasteiger partial charge in [-0.3, -0.25) is 9.59 Å². The van der Waals surface area contributed by atoms with Gasteiger partial charge in [-0.05, 0) is 19.1 Å². The van der Waals surface area contributed by atoms with E-state index in [9.17, 15) is 24.6 Å². The SMILES string of the molecule is CC(=O)C(C(=O)O)C(C[N+](C)(C)C)OC(=O)c1ccccc1O. The first-order valence-electron chi connectivity index (χ1n) is 7.05. The number of aliphatic carboxylic acids is 1. The van der Waals surface area contributed by atoms with E-state index in [1.54, 1.807) is 33.3 Å². The highest BCUT2D eigenvalue weighted by Crippen LogP contribution is 2.20. The van der Waals surface area contributed by atoms with Crippen LogP contribution in [0.4, 0.5) is 0 Å². The predicted molar refractivity (Wildman–Crippen MR) is 82.0 cm³/mol. The van der Waals surface area contributed by atoms with Crippen LogP contribution in [-0.2, 0) is 14.3 Å². The minimum absolute atomic E-state index is 0.0772. The van der Waals surface area contributed by atoms with Crippen LogP contribution in [-0.4, -0.2) is 66.2 Å². The fourth-order valence-corrected chi connectivity index (χ4v) is 2.19. The maximum atomic E-state index is 12.2. The molecule has 1 aromatic carbocycles. The van der Waals surface area contributed by atoms with Gasteiger partial charge >= 0.3 is 11.9 Å². The van der Waals surface area contributed by atoms with Crippen LogP contribution >= 0.6 is 0 Å². The highest BCUT2D eigenvalue weighted by molar-refractivity contribution is 5.98. The topological polar surface area (TPSA) is 101 Å². The third-order valence-corrected chi connectivity index (χ3v) is 3.19. The number of Topliss-reactive ketones (excluding diaryl/α,β-unsaturated/α-hetero) is 1. The Balaban J connectivity index is 3.10. The summed E-state index contributed by atoms with van der Waals surface area (Å²) in [5, 5.41) is 19.0. The first-order valence-corrected chi connectivity index (χ1v) is 7.05. The maximum Gasteiger partial charge on any atom is 0.342 e. The highest BCUT2D eigenvalue weighted by atomic mass is 16.5. The second-order valence-electron chi connectivity index (χ2n) is 6.36. The number of benzene rings is 1. The number of nitrogens with zero attached hydrogens (tertiary/aromatic N) is 1. The molecule has 2 unspecified atom stereocenters. The molecule has 0 radical (unpaired) electrons. The number of ketones is 1. The zero-order valence-electron chi connectivity index (χ0n) is 13.6. The Morgan fingerprint density at radius 3 is 2.17 bits per heavy atom. The molecule has 7 nitrogen and oxygen atoms in total. The quantitative estimate of drug-likeness (QED) is 0.439. The molecule has 2 atom stereocenters. The summed E-state index contributed by atoms with van der Waals surface area (Å²) in [6.45, 7) is 1.28. The zero-order valence-corrected chi connectivity index (χ0v) is 13.6. The lowest BCUT2D eigenvalue weighted by molar-refractivity contribution is -0.873. The molecule has 0 amide bonds. The molecule has 23 heavy (non-hydrogen) atoms. The second kappa shape index (κ2) is 7.23. The van der Waals surface area contributed by atoms with E-state index in [4.69, 9.17) is 4.74 Å². The van der Waals surface area contributed by atoms with Gasteiger partial charge in [0.05, 0.1) is 21.1 Å². The number of phenolic OH excluding ortho intramolecular Hbond substituents is 1. The van der Waals surface area contributed by atoms with Crippen LogP contribution in [0.5, 0.6) is 5.75 Å². The molecule has 7 heteroatoms. The summed E-state index contributed by atoms with van der Waals surface area (Å²) in [7, 11) is 5.37. The molecule has 0 fully saturated rings. The molecule has 0 aromatic heterocycles. The van der Waals surface area contributed by atoms with Crippen LogP contribution in [0.25, 0.3) is 0 Å². The van der Waals surface area contributed by atoms with Crippen molar-refractivity contribution in [2.75, 3.05) is 27.7 Å². The van der Waals surface area contributed by atoms with Gasteiger partial charge in [0.15, 0.2) is 12.0 Å². The van der Waals surface area contributed by atoms with Crippen LogP contribution in [0, 0.1) is 5.92 Å². The van der Waals surface area contributed by atoms with E-state index in [2.05, 4.69) is 0 Å². The molecule has 0 saturated carbocycles. The van der Waals surface area contributed by atoms with Crippen molar-refractivity contribution in [3.8, 4) is 5.75 Å². The van der Waals surface area contributed by atoms with Crippen LogP contribution in [0.2, 0.25) is 0 Å². The molecule has 1 aromatic rings. The van der Waals surface area contributed by atoms with Gasteiger partial charge in [-0.25, -0.2) is 4.79 Å². The number of hydrogen-bond donors (Lipinski definition) is 2. The predicted octanol–water partition coefficient (Wildman–Crippen LogP) is 0.914. The molecule has 0 saturated heterocycles. The van der Waals surface area contributed by atoms with Gasteiger partial charge in [-0.15, -0.1) is 0 Å². The molecule has 0 aliphatic rings. The van der Waals surface area contributed by atoms with E-state index in [-0.39, 0.29) is 17.9 Å². The smallest absolute Gasteiger partial charge is 0.342 e. The molecule has 0 aliphatic carbocycles. The Labute approximate surface area is 134 Å². The van der Waals surface area contributed by atoms with Crippen LogP contribution in [0.15, 0.2) is 24.3 Å². The minimum Gasteiger partial charge on any atom is -0.507 e. The summed E-state index contributed by atoms with van der Waals surface area (Å²) < 4.78 is 5.56. The van der Waals surface area contributed by atoms with E-state index in [1.807, 2.05) is 0 Å². The second-order valence-corrected chi connectivity index (χ2v) is 6.36. The monoisotopic (exact) mass is 324 g/mol. The van der Waals surface area contributed by atoms with Gasteiger partial charge in [0.2, 0.25) is 0 Å². The number of phenols is 1. The van der Waals surface area contributed by atoms with E-state index in [0.29, 0.717) is 4.48 Å². The summed E-state index contributed by atoms with van der Waals surface area (Å²) >= 11 is 0. The maximum absolute atomic E-state index is 12.2. The molecule has 0 aliphatic heterocycles. The van der Waals surface area contributed by atoms with Crippen molar-refractivity contribution < 1.29 is 33.8 Å². The lowest BCUT2D eigenvalue weighted by Gasteiger charge is -2.31. The number of carboxylic acids is 1. The molecule has 2 N–H and O–H groups in total. The van der Waals surface area contributed by atoms with E-state index < -0.39 is 29.7 Å². The number of hydrogen-bond acceptors (Lipinski definition) is 5. The molecule has 126 valence electrons. The van der Waals surface area contributed by atoms with Gasteiger partial charge in [-0.1, -0.05) is 12.1 Å². The van der Waals surface area contributed by atoms with Gasteiger partial charge in [-0.2, -0.15) is 0 Å². The first kappa shape index (κ1) is 18.6. The third-order valence-electron chi connectivity index (χ3n) is 3.19. The number of aromatic hydroxyl groups is 1. The van der Waals surface area contributed by atoms with Crippen molar-refractivity contribution in [2.45, 2.75) is 13.0 Å². The van der Waals surface area contributed by atoms with E-state index in [0.717, 1.165) is 6.92 Å². The highest BCUT2D eigenvalue weighted by Gasteiger charge is 2.39. The summed E-state index contributed by atoms with van der Waals surface area (Å²) in [4.78, 5) is 35.3. The zero-order chi connectivity index (χ0) is 17.8. The van der Waals surface area contributed by atoms with Gasteiger partial charge < -0.3 is 19.4 Å². The number of esters is 1. The summed E-state index contributed by atoms with van der Waals surface area (Å²) in [6, 6.07) is 5.78. The fraction of sp³-hybridized carbons (Fsp3) is 0.438. The number of ether oxygens (including phenoxy) is 1. The minimum atomic E-state index is -1.46. The average Bonchev–Trinajstić information content (AvgIpc) is 2.35. The standard InChI is InChI=1S/C16H21NO6/c1-10(18)14(15(20)21)13(9-17(2,3)4)23-16(22)11-7-5-6-8-12(11)19/h5-8,13-14H,9H2,1-4H3,(H-,19,20,21,22)/p+1. The molecule has 0 spiro atoms. The summed E-state index contributed by atoms with van der Waals surface area (Å²) in [5.41, 5.74) is -0.0772. The van der Waals surface area contributed by atoms with Crippen molar-refractivity contribution in [3.63, 3.8) is 0 Å². The Hall–Kier alpha value is -2.41. The Kier molecular flexibility index (Phi) is 5.86. The van der Waals surface area contributed by atoms with E-state index >= 15 is 0 Å². The van der Waals surface area contributed by atoms with Gasteiger partial charge in [0.1, 0.15) is 23.6 Å². The fourth-order valence-electron chi connectivity index (χ4n) is 2.19. The largest absolute Gasteiger partial charge is 0.507 e.